The summed E-state index contributed by atoms with van der Waals surface area (Å²) in [6, 6.07) is 0. The van der Waals surface area contributed by atoms with E-state index in [-0.39, 0.29) is 31.5 Å². The molecule has 10 nitrogen and oxygen atoms in total. The molecule has 0 fully saturated rings. The van der Waals surface area contributed by atoms with Gasteiger partial charge in [-0.05, 0) is 0 Å². The first-order valence-corrected chi connectivity index (χ1v) is 7.06. The van der Waals surface area contributed by atoms with Gasteiger partial charge in [0, 0.05) is 6.54 Å². The lowest BCUT2D eigenvalue weighted by Crippen LogP contribution is -2.39. The van der Waals surface area contributed by atoms with Gasteiger partial charge in [-0.2, -0.15) is 9.98 Å². The minimum absolute atomic E-state index is 0.0676. The average Bonchev–Trinajstić information content (AvgIpc) is 2.66. The number of rotatable bonds is 5. The zero-order valence-corrected chi connectivity index (χ0v) is 10.7. The molecule has 0 atom stereocenters. The van der Waals surface area contributed by atoms with Gasteiger partial charge in [0.15, 0.2) is 11.5 Å². The Morgan fingerprint density at radius 3 is 2.84 bits per heavy atom. The van der Waals surface area contributed by atoms with Gasteiger partial charge in [-0.25, -0.2) is 0 Å². The highest BCUT2D eigenvalue weighted by Crippen LogP contribution is 2.33. The van der Waals surface area contributed by atoms with Gasteiger partial charge in [0.2, 0.25) is 5.96 Å². The van der Waals surface area contributed by atoms with Crippen molar-refractivity contribution < 1.29 is 23.9 Å². The molecule has 11 heteroatoms. The standard InChI is InChI=1S/C8H12N5O5P/c9-8-11-6-5(7(14)12-8)10-3-13(6)1-2-18-4-19(15,16)17/h1-4H2,(H2,9,12,14)(H2,15,16,17). The largest absolute Gasteiger partial charge is 0.368 e. The van der Waals surface area contributed by atoms with E-state index in [0.717, 1.165) is 0 Å². The molecule has 2 rings (SSSR count). The zero-order chi connectivity index (χ0) is 14.0. The minimum atomic E-state index is -4.17. The van der Waals surface area contributed by atoms with E-state index in [2.05, 4.69) is 15.0 Å². The molecule has 0 aromatic heterocycles. The third-order valence-electron chi connectivity index (χ3n) is 2.32. The summed E-state index contributed by atoms with van der Waals surface area (Å²) >= 11 is 0. The molecule has 0 saturated heterocycles. The third-order valence-corrected chi connectivity index (χ3v) is 2.83. The normalized spacial score (nSPS) is 18.9. The molecule has 2 aliphatic heterocycles. The molecule has 2 aliphatic rings. The molecular weight excluding hydrogens is 277 g/mol. The maximum atomic E-state index is 11.5. The number of hydrogen-bond donors (Lipinski definition) is 3. The van der Waals surface area contributed by atoms with Crippen LogP contribution in [0.1, 0.15) is 0 Å². The number of nitrogens with zero attached hydrogens (tertiary/aromatic N) is 4. The minimum Gasteiger partial charge on any atom is -0.368 e. The molecular formula is C8H12N5O5P. The fourth-order valence-electron chi connectivity index (χ4n) is 1.56. The second kappa shape index (κ2) is 5.17. The predicted octanol–water partition coefficient (Wildman–Crippen LogP) is -1.89. The van der Waals surface area contributed by atoms with Crippen molar-refractivity contribution in [3.8, 4) is 0 Å². The van der Waals surface area contributed by atoms with Gasteiger partial charge < -0.3 is 25.2 Å². The van der Waals surface area contributed by atoms with Crippen LogP contribution in [0.2, 0.25) is 0 Å². The van der Waals surface area contributed by atoms with Crippen molar-refractivity contribution in [1.29, 1.82) is 0 Å². The number of carbonyl (C=O) groups excluding carboxylic acids is 1. The van der Waals surface area contributed by atoms with Crippen LogP contribution in [0, 0.1) is 0 Å². The number of amides is 1. The fraction of sp³-hybridized carbons (Fsp3) is 0.500. The van der Waals surface area contributed by atoms with Gasteiger partial charge >= 0.3 is 13.5 Å². The number of hydrogen-bond acceptors (Lipinski definition) is 7. The average molecular weight is 289 g/mol. The van der Waals surface area contributed by atoms with E-state index in [1.165, 1.54) is 0 Å². The van der Waals surface area contributed by atoms with Crippen LogP contribution >= 0.6 is 7.60 Å². The van der Waals surface area contributed by atoms with Crippen LogP contribution in [0.3, 0.4) is 0 Å². The number of fused-ring (bicyclic) bond motifs is 1. The Morgan fingerprint density at radius 2 is 2.16 bits per heavy atom. The summed E-state index contributed by atoms with van der Waals surface area (Å²) in [5.41, 5.74) is 5.52. The van der Waals surface area contributed by atoms with Gasteiger partial charge in [-0.3, -0.25) is 14.4 Å². The Bertz CT molecular complexity index is 536. The summed E-state index contributed by atoms with van der Waals surface area (Å²) in [4.78, 5) is 41.7. The van der Waals surface area contributed by atoms with E-state index in [1.54, 1.807) is 4.90 Å². The third kappa shape index (κ3) is 3.44. The van der Waals surface area contributed by atoms with Crippen LogP contribution < -0.4 is 5.73 Å². The van der Waals surface area contributed by atoms with E-state index in [1.807, 2.05) is 0 Å². The number of carbonyl (C=O) groups is 1. The number of amidine groups is 1. The molecule has 0 aromatic rings. The Balaban J connectivity index is 1.89. The van der Waals surface area contributed by atoms with E-state index in [4.69, 9.17) is 20.3 Å². The Kier molecular flexibility index (Phi) is 3.76. The van der Waals surface area contributed by atoms with Gasteiger partial charge in [-0.1, -0.05) is 0 Å². The molecule has 0 aromatic carbocycles. The quantitative estimate of drug-likeness (QED) is 0.395. The second-order valence-corrected chi connectivity index (χ2v) is 5.41. The monoisotopic (exact) mass is 289 g/mol. The van der Waals surface area contributed by atoms with Crippen LogP contribution in [-0.4, -0.2) is 64.3 Å². The lowest BCUT2D eigenvalue weighted by atomic mass is 10.3. The van der Waals surface area contributed by atoms with Crippen molar-refractivity contribution in [2.45, 2.75) is 0 Å². The van der Waals surface area contributed by atoms with Crippen LogP contribution in [0.25, 0.3) is 0 Å². The topological polar surface area (TPSA) is 150 Å². The van der Waals surface area contributed by atoms with E-state index in [0.29, 0.717) is 5.84 Å². The summed E-state index contributed by atoms with van der Waals surface area (Å²) in [5.74, 6) is -0.361. The number of nitrogens with two attached hydrogens (primary N) is 1. The van der Waals surface area contributed by atoms with Crippen molar-refractivity contribution in [2.75, 3.05) is 26.2 Å². The smallest absolute Gasteiger partial charge is 0.350 e. The molecule has 4 N–H and O–H groups in total. The van der Waals surface area contributed by atoms with Crippen molar-refractivity contribution in [1.82, 2.24) is 4.90 Å². The molecule has 0 spiro atoms. The Labute approximate surface area is 107 Å². The summed E-state index contributed by atoms with van der Waals surface area (Å²) in [6.45, 7) is 0.562. The molecule has 0 saturated carbocycles. The highest BCUT2D eigenvalue weighted by atomic mass is 31.2. The van der Waals surface area contributed by atoms with E-state index in [9.17, 15) is 9.36 Å². The van der Waals surface area contributed by atoms with Crippen molar-refractivity contribution in [2.24, 2.45) is 20.7 Å². The number of ether oxygens (including phenoxy) is 1. The summed E-state index contributed by atoms with van der Waals surface area (Å²) < 4.78 is 15.4. The molecule has 0 aliphatic carbocycles. The molecule has 0 radical (unpaired) electrons. The van der Waals surface area contributed by atoms with Gasteiger partial charge in [0.25, 0.3) is 0 Å². The maximum absolute atomic E-state index is 11.5. The maximum Gasteiger partial charge on any atom is 0.350 e. The van der Waals surface area contributed by atoms with E-state index < -0.39 is 19.9 Å². The molecule has 104 valence electrons. The fourth-order valence-corrected chi connectivity index (χ4v) is 1.92. The summed E-state index contributed by atoms with van der Waals surface area (Å²) in [7, 11) is -4.17. The highest BCUT2D eigenvalue weighted by molar-refractivity contribution is 7.51. The van der Waals surface area contributed by atoms with Gasteiger partial charge in [-0.15, -0.1) is 0 Å². The highest BCUT2D eigenvalue weighted by Gasteiger charge is 2.31. The lowest BCUT2D eigenvalue weighted by Gasteiger charge is -2.19. The Morgan fingerprint density at radius 1 is 1.42 bits per heavy atom. The molecule has 1 amide bonds. The molecule has 19 heavy (non-hydrogen) atoms. The van der Waals surface area contributed by atoms with Crippen molar-refractivity contribution in [3.63, 3.8) is 0 Å². The zero-order valence-electron chi connectivity index (χ0n) is 9.76. The van der Waals surface area contributed by atoms with Crippen molar-refractivity contribution in [3.05, 3.63) is 0 Å². The Hall–Kier alpha value is -1.61. The van der Waals surface area contributed by atoms with Crippen molar-refractivity contribution >= 4 is 31.0 Å². The molecule has 2 heterocycles. The SMILES string of the molecule is NC1=NC(=O)C2=NCN(CCOCP(=O)(O)O)C2=N1. The van der Waals surface area contributed by atoms with Gasteiger partial charge in [0.05, 0.1) is 6.61 Å². The van der Waals surface area contributed by atoms with Gasteiger partial charge in [0.1, 0.15) is 13.0 Å². The molecule has 0 bridgehead atoms. The van der Waals surface area contributed by atoms with Crippen LogP contribution in [0.4, 0.5) is 0 Å². The summed E-state index contributed by atoms with van der Waals surface area (Å²) in [6.07, 6.45) is -0.649. The van der Waals surface area contributed by atoms with Crippen LogP contribution in [0.5, 0.6) is 0 Å². The van der Waals surface area contributed by atoms with Crippen LogP contribution in [-0.2, 0) is 14.1 Å². The van der Waals surface area contributed by atoms with E-state index >= 15 is 0 Å². The summed E-state index contributed by atoms with van der Waals surface area (Å²) in [5, 5.41) is 0. The second-order valence-electron chi connectivity index (χ2n) is 3.82. The lowest BCUT2D eigenvalue weighted by molar-refractivity contribution is -0.111. The first-order valence-electron chi connectivity index (χ1n) is 5.26. The van der Waals surface area contributed by atoms with Crippen LogP contribution in [0.15, 0.2) is 15.0 Å². The first kappa shape index (κ1) is 13.8. The number of aliphatic imine (C=N–C) groups is 3. The number of guanidine groups is 1. The molecule has 0 unspecified atom stereocenters. The first-order chi connectivity index (χ1) is 8.87. The predicted molar refractivity (Wildman–Crippen MR) is 65.9 cm³/mol.